The number of fused-ring (bicyclic) bond motifs is 1. The molecular formula is C22H40N4O. The van der Waals surface area contributed by atoms with Crippen LogP contribution in [0.2, 0.25) is 0 Å². The molecule has 0 bridgehead atoms. The summed E-state index contributed by atoms with van der Waals surface area (Å²) in [4.78, 5) is 18.0. The highest BCUT2D eigenvalue weighted by Gasteiger charge is 2.41. The van der Waals surface area contributed by atoms with Gasteiger partial charge in [0, 0.05) is 44.8 Å². The fourth-order valence-electron chi connectivity index (χ4n) is 6.29. The minimum absolute atomic E-state index is 0.0474. The fraction of sp³-hybridized carbons (Fsp3) is 0.955. The van der Waals surface area contributed by atoms with Crippen molar-refractivity contribution in [2.45, 2.75) is 76.4 Å². The van der Waals surface area contributed by atoms with Gasteiger partial charge in [-0.25, -0.2) is 0 Å². The standard InChI is InChI=1S/C22H40N4O/c1-16-6-5-8-17-14-19(24-21(16)17)22(27)23-15-18-7-3-4-9-20(18)26-12-10-25(2)11-13-26/h16-21,24H,3-15H2,1-2H3,(H,23,27). The molecule has 4 fully saturated rings. The summed E-state index contributed by atoms with van der Waals surface area (Å²) in [5.41, 5.74) is 0. The number of nitrogens with zero attached hydrogens (tertiary/aromatic N) is 2. The molecule has 4 aliphatic rings. The Labute approximate surface area is 165 Å². The molecular weight excluding hydrogens is 336 g/mol. The molecule has 0 spiro atoms. The van der Waals surface area contributed by atoms with Gasteiger partial charge in [-0.1, -0.05) is 26.2 Å². The van der Waals surface area contributed by atoms with Crippen LogP contribution in [0.3, 0.4) is 0 Å². The Bertz CT molecular complexity index is 505. The van der Waals surface area contributed by atoms with Gasteiger partial charge in [-0.3, -0.25) is 9.69 Å². The number of carbonyl (C=O) groups excluding carboxylic acids is 1. The van der Waals surface area contributed by atoms with E-state index in [1.807, 2.05) is 0 Å². The van der Waals surface area contributed by atoms with E-state index in [4.69, 9.17) is 0 Å². The minimum atomic E-state index is 0.0474. The molecule has 0 aromatic heterocycles. The quantitative estimate of drug-likeness (QED) is 0.789. The highest BCUT2D eigenvalue weighted by molar-refractivity contribution is 5.82. The van der Waals surface area contributed by atoms with Gasteiger partial charge in [-0.05, 0) is 56.9 Å². The first-order valence-corrected chi connectivity index (χ1v) is 11.6. The molecule has 0 aromatic carbocycles. The van der Waals surface area contributed by atoms with Crippen molar-refractivity contribution < 1.29 is 4.79 Å². The number of piperazine rings is 1. The van der Waals surface area contributed by atoms with E-state index in [0.29, 0.717) is 18.0 Å². The van der Waals surface area contributed by atoms with E-state index < -0.39 is 0 Å². The maximum atomic E-state index is 12.9. The van der Waals surface area contributed by atoms with Gasteiger partial charge in [0.25, 0.3) is 0 Å². The molecule has 5 heteroatoms. The first-order chi connectivity index (χ1) is 13.1. The van der Waals surface area contributed by atoms with Crippen molar-refractivity contribution >= 4 is 5.91 Å². The summed E-state index contributed by atoms with van der Waals surface area (Å²) in [6.07, 6.45) is 10.3. The zero-order valence-electron chi connectivity index (χ0n) is 17.5. The third kappa shape index (κ3) is 4.51. The van der Waals surface area contributed by atoms with Crippen LogP contribution in [0, 0.1) is 17.8 Å². The van der Waals surface area contributed by atoms with Crippen molar-refractivity contribution in [3.05, 3.63) is 0 Å². The van der Waals surface area contributed by atoms with E-state index in [9.17, 15) is 4.79 Å². The second-order valence-electron chi connectivity index (χ2n) is 9.85. The predicted molar refractivity (Wildman–Crippen MR) is 110 cm³/mol. The second kappa shape index (κ2) is 8.79. The van der Waals surface area contributed by atoms with E-state index in [2.05, 4.69) is 34.4 Å². The maximum Gasteiger partial charge on any atom is 0.237 e. The smallest absolute Gasteiger partial charge is 0.237 e. The lowest BCUT2D eigenvalue weighted by molar-refractivity contribution is -0.123. The molecule has 6 unspecified atom stereocenters. The van der Waals surface area contributed by atoms with Crippen LogP contribution in [-0.4, -0.2) is 73.6 Å². The molecule has 2 aliphatic carbocycles. The zero-order chi connectivity index (χ0) is 18.8. The molecule has 2 saturated carbocycles. The van der Waals surface area contributed by atoms with Gasteiger partial charge in [0.2, 0.25) is 5.91 Å². The maximum absolute atomic E-state index is 12.9. The highest BCUT2D eigenvalue weighted by atomic mass is 16.2. The molecule has 1 amide bonds. The van der Waals surface area contributed by atoms with Crippen LogP contribution in [0.15, 0.2) is 0 Å². The van der Waals surface area contributed by atoms with Gasteiger partial charge in [0.15, 0.2) is 0 Å². The number of carbonyl (C=O) groups is 1. The molecule has 27 heavy (non-hydrogen) atoms. The van der Waals surface area contributed by atoms with Gasteiger partial charge >= 0.3 is 0 Å². The molecule has 2 N–H and O–H groups in total. The van der Waals surface area contributed by atoms with E-state index in [1.165, 1.54) is 71.1 Å². The monoisotopic (exact) mass is 376 g/mol. The fourth-order valence-corrected chi connectivity index (χ4v) is 6.29. The van der Waals surface area contributed by atoms with Crippen LogP contribution in [0.4, 0.5) is 0 Å². The first kappa shape index (κ1) is 19.7. The van der Waals surface area contributed by atoms with Gasteiger partial charge in [0.05, 0.1) is 6.04 Å². The van der Waals surface area contributed by atoms with Crippen LogP contribution < -0.4 is 10.6 Å². The summed E-state index contributed by atoms with van der Waals surface area (Å²) in [6, 6.07) is 1.29. The molecule has 2 aliphatic heterocycles. The SMILES string of the molecule is CC1CCCC2CC(C(=O)NCC3CCCCC3N3CCN(C)CC3)NC12. The van der Waals surface area contributed by atoms with E-state index in [-0.39, 0.29) is 11.9 Å². The number of rotatable bonds is 4. The Morgan fingerprint density at radius 2 is 1.81 bits per heavy atom. The van der Waals surface area contributed by atoms with Crippen molar-refractivity contribution in [2.24, 2.45) is 17.8 Å². The van der Waals surface area contributed by atoms with Gasteiger partial charge < -0.3 is 15.5 Å². The summed E-state index contributed by atoms with van der Waals surface area (Å²) in [5.74, 6) is 2.34. The Hall–Kier alpha value is -0.650. The Balaban J connectivity index is 1.28. The zero-order valence-corrected chi connectivity index (χ0v) is 17.5. The molecule has 0 aromatic rings. The molecule has 6 atom stereocenters. The van der Waals surface area contributed by atoms with E-state index in [1.54, 1.807) is 0 Å². The van der Waals surface area contributed by atoms with Crippen molar-refractivity contribution in [2.75, 3.05) is 39.8 Å². The van der Waals surface area contributed by atoms with Crippen LogP contribution in [-0.2, 0) is 4.79 Å². The molecule has 2 saturated heterocycles. The Kier molecular flexibility index (Phi) is 6.40. The third-order valence-electron chi connectivity index (χ3n) is 8.02. The summed E-state index contributed by atoms with van der Waals surface area (Å²) in [7, 11) is 2.23. The van der Waals surface area contributed by atoms with E-state index >= 15 is 0 Å². The summed E-state index contributed by atoms with van der Waals surface area (Å²) >= 11 is 0. The molecule has 4 rings (SSSR count). The number of hydrogen-bond acceptors (Lipinski definition) is 4. The molecule has 0 radical (unpaired) electrons. The summed E-state index contributed by atoms with van der Waals surface area (Å²) < 4.78 is 0. The second-order valence-corrected chi connectivity index (χ2v) is 9.85. The Morgan fingerprint density at radius 1 is 1.04 bits per heavy atom. The largest absolute Gasteiger partial charge is 0.354 e. The van der Waals surface area contributed by atoms with Crippen LogP contribution in [0.5, 0.6) is 0 Å². The summed E-state index contributed by atoms with van der Waals surface area (Å²) in [6.45, 7) is 7.98. The Morgan fingerprint density at radius 3 is 2.59 bits per heavy atom. The van der Waals surface area contributed by atoms with Crippen molar-refractivity contribution in [1.82, 2.24) is 20.4 Å². The molecule has 2 heterocycles. The number of likely N-dealkylation sites (N-methyl/N-ethyl adjacent to an activating group) is 1. The number of hydrogen-bond donors (Lipinski definition) is 2. The van der Waals surface area contributed by atoms with Gasteiger partial charge in [-0.2, -0.15) is 0 Å². The third-order valence-corrected chi connectivity index (χ3v) is 8.02. The lowest BCUT2D eigenvalue weighted by atomic mass is 9.78. The molecule has 5 nitrogen and oxygen atoms in total. The number of amides is 1. The van der Waals surface area contributed by atoms with Gasteiger partial charge in [0.1, 0.15) is 0 Å². The first-order valence-electron chi connectivity index (χ1n) is 11.6. The van der Waals surface area contributed by atoms with Crippen molar-refractivity contribution in [1.29, 1.82) is 0 Å². The van der Waals surface area contributed by atoms with Crippen LogP contribution >= 0.6 is 0 Å². The van der Waals surface area contributed by atoms with Crippen molar-refractivity contribution in [3.8, 4) is 0 Å². The lowest BCUT2D eigenvalue weighted by Crippen LogP contribution is -2.54. The molecule has 154 valence electrons. The normalized spacial score (nSPS) is 41.3. The van der Waals surface area contributed by atoms with Crippen LogP contribution in [0.25, 0.3) is 0 Å². The average Bonchev–Trinajstić information content (AvgIpc) is 3.13. The topological polar surface area (TPSA) is 47.6 Å². The van der Waals surface area contributed by atoms with Crippen LogP contribution in [0.1, 0.15) is 58.3 Å². The lowest BCUT2D eigenvalue weighted by Gasteiger charge is -2.43. The average molecular weight is 377 g/mol. The van der Waals surface area contributed by atoms with Crippen molar-refractivity contribution in [3.63, 3.8) is 0 Å². The number of nitrogens with one attached hydrogen (secondary N) is 2. The highest BCUT2D eigenvalue weighted by Crippen LogP contribution is 2.36. The van der Waals surface area contributed by atoms with E-state index in [0.717, 1.165) is 24.8 Å². The minimum Gasteiger partial charge on any atom is -0.354 e. The summed E-state index contributed by atoms with van der Waals surface area (Å²) in [5, 5.41) is 7.04. The predicted octanol–water partition coefficient (Wildman–Crippen LogP) is 2.08. The van der Waals surface area contributed by atoms with Gasteiger partial charge in [-0.15, -0.1) is 0 Å².